The summed E-state index contributed by atoms with van der Waals surface area (Å²) in [5.74, 6) is 1.09. The van der Waals surface area contributed by atoms with Crippen LogP contribution in [0.3, 0.4) is 0 Å². The molecular weight excluding hydrogens is 232 g/mol. The highest BCUT2D eigenvalue weighted by molar-refractivity contribution is 5.68. The van der Waals surface area contributed by atoms with E-state index in [1.54, 1.807) is 0 Å². The molecule has 2 heterocycles. The maximum absolute atomic E-state index is 11.9. The van der Waals surface area contributed by atoms with Gasteiger partial charge < -0.3 is 19.6 Å². The van der Waals surface area contributed by atoms with Crippen molar-refractivity contribution in [2.45, 2.75) is 26.4 Å². The second-order valence-electron chi connectivity index (χ2n) is 6.39. The Morgan fingerprint density at radius 1 is 1.22 bits per heavy atom. The molecule has 0 aliphatic carbocycles. The molecule has 2 fully saturated rings. The molecule has 0 bridgehead atoms. The first-order valence-electron chi connectivity index (χ1n) is 6.70. The summed E-state index contributed by atoms with van der Waals surface area (Å²) in [4.78, 5) is 16.1. The van der Waals surface area contributed by atoms with Crippen molar-refractivity contribution in [3.8, 4) is 0 Å². The summed E-state index contributed by atoms with van der Waals surface area (Å²) in [5, 5.41) is 8.93. The van der Waals surface area contributed by atoms with Gasteiger partial charge in [-0.25, -0.2) is 4.79 Å². The molecule has 2 atom stereocenters. The van der Waals surface area contributed by atoms with Gasteiger partial charge in [-0.15, -0.1) is 0 Å². The number of likely N-dealkylation sites (tertiary alicyclic amines) is 2. The summed E-state index contributed by atoms with van der Waals surface area (Å²) < 4.78 is 5.39. The van der Waals surface area contributed by atoms with E-state index < -0.39 is 5.60 Å². The molecule has 0 aromatic rings. The number of aliphatic hydroxyl groups excluding tert-OH is 1. The molecule has 0 unspecified atom stereocenters. The molecule has 0 spiro atoms. The van der Waals surface area contributed by atoms with E-state index in [0.717, 1.165) is 32.7 Å². The van der Waals surface area contributed by atoms with Crippen LogP contribution in [0.5, 0.6) is 0 Å². The maximum Gasteiger partial charge on any atom is 0.410 e. The van der Waals surface area contributed by atoms with Gasteiger partial charge in [-0.05, 0) is 32.6 Å². The number of hydrogen-bond donors (Lipinski definition) is 1. The van der Waals surface area contributed by atoms with Crippen LogP contribution in [0, 0.1) is 11.8 Å². The van der Waals surface area contributed by atoms with Gasteiger partial charge in [0.25, 0.3) is 0 Å². The molecule has 0 aromatic carbocycles. The number of aliphatic hydroxyl groups is 1. The molecule has 1 amide bonds. The van der Waals surface area contributed by atoms with Crippen molar-refractivity contribution in [2.24, 2.45) is 11.8 Å². The molecule has 2 rings (SSSR count). The number of nitrogens with zero attached hydrogens (tertiary/aromatic N) is 2. The third-order valence-corrected chi connectivity index (χ3v) is 3.63. The van der Waals surface area contributed by atoms with Gasteiger partial charge in [-0.2, -0.15) is 0 Å². The monoisotopic (exact) mass is 256 g/mol. The van der Waals surface area contributed by atoms with E-state index in [1.807, 2.05) is 25.7 Å². The smallest absolute Gasteiger partial charge is 0.410 e. The number of hydrogen-bond acceptors (Lipinski definition) is 4. The van der Waals surface area contributed by atoms with Crippen LogP contribution < -0.4 is 0 Å². The molecule has 5 nitrogen and oxygen atoms in total. The lowest BCUT2D eigenvalue weighted by atomic mass is 10.0. The Labute approximate surface area is 109 Å². The van der Waals surface area contributed by atoms with Crippen LogP contribution in [0.2, 0.25) is 0 Å². The lowest BCUT2D eigenvalue weighted by Gasteiger charge is -2.25. The predicted molar refractivity (Wildman–Crippen MR) is 68.3 cm³/mol. The number of fused-ring (bicyclic) bond motifs is 1. The van der Waals surface area contributed by atoms with Crippen LogP contribution in [0.15, 0.2) is 0 Å². The Hall–Kier alpha value is -0.810. The minimum Gasteiger partial charge on any atom is -0.444 e. The van der Waals surface area contributed by atoms with Crippen LogP contribution in [-0.2, 0) is 4.74 Å². The van der Waals surface area contributed by atoms with Crippen molar-refractivity contribution in [1.29, 1.82) is 0 Å². The van der Waals surface area contributed by atoms with Crippen LogP contribution in [-0.4, -0.2) is 65.9 Å². The van der Waals surface area contributed by atoms with Crippen LogP contribution in [0.1, 0.15) is 20.8 Å². The van der Waals surface area contributed by atoms with E-state index >= 15 is 0 Å². The predicted octanol–water partition coefficient (Wildman–Crippen LogP) is 0.777. The number of rotatable bonds is 2. The standard InChI is InChI=1S/C13H24N2O3/c1-13(2,3)18-12(17)15-8-10-6-14(4-5-16)7-11(10)9-15/h10-11,16H,4-9H2,1-3H3/t10-,11+. The van der Waals surface area contributed by atoms with Gasteiger partial charge in [0, 0.05) is 32.7 Å². The topological polar surface area (TPSA) is 53.0 Å². The van der Waals surface area contributed by atoms with E-state index in [4.69, 9.17) is 9.84 Å². The van der Waals surface area contributed by atoms with E-state index in [0.29, 0.717) is 11.8 Å². The highest BCUT2D eigenvalue weighted by Gasteiger charge is 2.42. The minimum absolute atomic E-state index is 0.189. The van der Waals surface area contributed by atoms with Crippen molar-refractivity contribution in [1.82, 2.24) is 9.80 Å². The molecule has 0 saturated carbocycles. The quantitative estimate of drug-likeness (QED) is 0.793. The van der Waals surface area contributed by atoms with E-state index in [1.165, 1.54) is 0 Å². The minimum atomic E-state index is -0.419. The summed E-state index contributed by atoms with van der Waals surface area (Å²) in [6.45, 7) is 10.2. The molecule has 2 aliphatic rings. The van der Waals surface area contributed by atoms with Crippen LogP contribution >= 0.6 is 0 Å². The van der Waals surface area contributed by atoms with Gasteiger partial charge in [-0.1, -0.05) is 0 Å². The lowest BCUT2D eigenvalue weighted by molar-refractivity contribution is 0.0273. The molecule has 1 N–H and O–H groups in total. The molecule has 2 aliphatic heterocycles. The van der Waals surface area contributed by atoms with Gasteiger partial charge in [0.15, 0.2) is 0 Å². The fourth-order valence-corrected chi connectivity index (χ4v) is 2.89. The molecule has 18 heavy (non-hydrogen) atoms. The normalized spacial score (nSPS) is 28.6. The molecule has 5 heteroatoms. The second-order valence-corrected chi connectivity index (χ2v) is 6.39. The number of carbonyl (C=O) groups is 1. The summed E-state index contributed by atoms with van der Waals surface area (Å²) in [5.41, 5.74) is -0.419. The van der Waals surface area contributed by atoms with Crippen molar-refractivity contribution in [3.63, 3.8) is 0 Å². The van der Waals surface area contributed by atoms with Crippen molar-refractivity contribution in [2.75, 3.05) is 39.3 Å². The fourth-order valence-electron chi connectivity index (χ4n) is 2.89. The average molecular weight is 256 g/mol. The SMILES string of the molecule is CC(C)(C)OC(=O)N1C[C@H]2CN(CCO)C[C@H]2C1. The van der Waals surface area contributed by atoms with E-state index in [2.05, 4.69) is 4.90 Å². The first-order chi connectivity index (χ1) is 8.39. The molecule has 104 valence electrons. The van der Waals surface area contributed by atoms with E-state index in [-0.39, 0.29) is 12.7 Å². The Morgan fingerprint density at radius 2 is 1.78 bits per heavy atom. The maximum atomic E-state index is 11.9. The Kier molecular flexibility index (Phi) is 3.82. The Bertz CT molecular complexity index is 300. The van der Waals surface area contributed by atoms with Crippen LogP contribution in [0.4, 0.5) is 4.79 Å². The first-order valence-corrected chi connectivity index (χ1v) is 6.70. The summed E-state index contributed by atoms with van der Waals surface area (Å²) >= 11 is 0. The average Bonchev–Trinajstić information content (AvgIpc) is 2.72. The number of β-amino-alcohol motifs (C(OH)–C–C–N with tert-alkyl or cyclic N) is 1. The Balaban J connectivity index is 1.83. The molecule has 0 radical (unpaired) electrons. The van der Waals surface area contributed by atoms with Gasteiger partial charge in [0.1, 0.15) is 5.60 Å². The highest BCUT2D eigenvalue weighted by atomic mass is 16.6. The zero-order valence-electron chi connectivity index (χ0n) is 11.6. The highest BCUT2D eigenvalue weighted by Crippen LogP contribution is 2.31. The second kappa shape index (κ2) is 5.05. The van der Waals surface area contributed by atoms with Crippen molar-refractivity contribution in [3.05, 3.63) is 0 Å². The largest absolute Gasteiger partial charge is 0.444 e. The van der Waals surface area contributed by atoms with Gasteiger partial charge in [0.05, 0.1) is 6.61 Å². The Morgan fingerprint density at radius 3 is 2.22 bits per heavy atom. The van der Waals surface area contributed by atoms with E-state index in [9.17, 15) is 4.79 Å². The summed E-state index contributed by atoms with van der Waals surface area (Å²) in [6, 6.07) is 0. The molecule has 2 saturated heterocycles. The summed E-state index contributed by atoms with van der Waals surface area (Å²) in [7, 11) is 0. The number of carbonyl (C=O) groups excluding carboxylic acids is 1. The lowest BCUT2D eigenvalue weighted by Crippen LogP contribution is -2.37. The number of amides is 1. The van der Waals surface area contributed by atoms with Gasteiger partial charge in [-0.3, -0.25) is 0 Å². The fraction of sp³-hybridized carbons (Fsp3) is 0.923. The third-order valence-electron chi connectivity index (χ3n) is 3.63. The van der Waals surface area contributed by atoms with Crippen molar-refractivity contribution >= 4 is 6.09 Å². The zero-order valence-corrected chi connectivity index (χ0v) is 11.6. The van der Waals surface area contributed by atoms with Crippen molar-refractivity contribution < 1.29 is 14.6 Å². The molecular formula is C13H24N2O3. The first kappa shape index (κ1) is 13.6. The zero-order chi connectivity index (χ0) is 13.3. The third kappa shape index (κ3) is 3.14. The molecule has 0 aromatic heterocycles. The van der Waals surface area contributed by atoms with Gasteiger partial charge >= 0.3 is 6.09 Å². The van der Waals surface area contributed by atoms with Crippen LogP contribution in [0.25, 0.3) is 0 Å². The number of ether oxygens (including phenoxy) is 1. The summed E-state index contributed by atoms with van der Waals surface area (Å²) in [6.07, 6.45) is -0.189. The van der Waals surface area contributed by atoms with Gasteiger partial charge in [0.2, 0.25) is 0 Å².